The minimum atomic E-state index is -4.42. The van der Waals surface area contributed by atoms with Crippen molar-refractivity contribution < 1.29 is 42.1 Å². The predicted molar refractivity (Wildman–Crippen MR) is 435 cm³/mol. The van der Waals surface area contributed by atoms with Gasteiger partial charge in [-0.3, -0.25) is 18.6 Å². The van der Waals surface area contributed by atoms with Crippen molar-refractivity contribution >= 4 is 19.8 Å². The summed E-state index contributed by atoms with van der Waals surface area (Å²) in [5.74, 6) is -0.857. The smallest absolute Gasteiger partial charge is 0.462 e. The molecule has 562 valence electrons. The van der Waals surface area contributed by atoms with Gasteiger partial charge in [0.25, 0.3) is 0 Å². The van der Waals surface area contributed by atoms with Crippen LogP contribution in [0.5, 0.6) is 0 Å². The Morgan fingerprint density at radius 3 is 0.820 bits per heavy atom. The first-order valence-corrected chi connectivity index (χ1v) is 41.0. The van der Waals surface area contributed by atoms with E-state index in [2.05, 4.69) is 233 Å². The largest absolute Gasteiger partial charge is 0.472 e. The van der Waals surface area contributed by atoms with E-state index < -0.39 is 26.5 Å². The first kappa shape index (κ1) is 94.3. The highest BCUT2D eigenvalue weighted by Gasteiger charge is 2.27. The first-order valence-electron chi connectivity index (χ1n) is 39.5. The Morgan fingerprint density at radius 1 is 0.310 bits per heavy atom. The average Bonchev–Trinajstić information content (AvgIpc) is 1.07. The monoisotopic (exact) mass is 1400 g/mol. The Morgan fingerprint density at radius 2 is 0.540 bits per heavy atom. The molecule has 9 nitrogen and oxygen atoms in total. The van der Waals surface area contributed by atoms with E-state index in [0.717, 1.165) is 148 Å². The Hall–Kier alpha value is -5.67. The summed E-state index contributed by atoms with van der Waals surface area (Å²) in [4.78, 5) is 36.0. The number of unbranched alkanes of at least 4 members (excludes halogenated alkanes) is 20. The molecular formula is C90H145NO8P+. The molecule has 0 aromatic heterocycles. The Labute approximate surface area is 614 Å². The summed E-state index contributed by atoms with van der Waals surface area (Å²) in [7, 11) is 1.43. The number of carbonyl (C=O) groups excluding carboxylic acids is 2. The molecule has 2 unspecified atom stereocenters. The third-order valence-corrected chi connectivity index (χ3v) is 17.0. The van der Waals surface area contributed by atoms with Crippen molar-refractivity contribution in [1.82, 2.24) is 0 Å². The number of allylic oxidation sites excluding steroid dienone is 36. The molecule has 2 atom stereocenters. The molecule has 0 aliphatic heterocycles. The molecule has 10 heteroatoms. The first-order chi connectivity index (χ1) is 49.0. The van der Waals surface area contributed by atoms with Gasteiger partial charge in [0.15, 0.2) is 6.10 Å². The second kappa shape index (κ2) is 77.5. The maximum absolute atomic E-state index is 12.9. The van der Waals surface area contributed by atoms with Crippen LogP contribution in [-0.4, -0.2) is 74.9 Å². The molecule has 0 heterocycles. The van der Waals surface area contributed by atoms with Gasteiger partial charge in [0.05, 0.1) is 27.7 Å². The topological polar surface area (TPSA) is 108 Å². The van der Waals surface area contributed by atoms with Gasteiger partial charge >= 0.3 is 19.8 Å². The summed E-state index contributed by atoms with van der Waals surface area (Å²) in [6, 6.07) is 0. The van der Waals surface area contributed by atoms with E-state index in [-0.39, 0.29) is 32.0 Å². The number of hydrogen-bond donors (Lipinski definition) is 1. The maximum Gasteiger partial charge on any atom is 0.472 e. The standard InChI is InChI=1S/C90H144NO8P/c1-6-8-10-12-14-16-18-20-22-24-26-28-30-32-34-36-38-40-42-44-45-47-49-51-53-55-57-59-61-63-65-67-69-71-73-75-77-79-81-83-90(93)99-88(87-98-100(94,95)97-85-84-91(3,4)5)86-96-89(92)82-80-78-76-74-72-70-68-66-64-62-60-58-56-54-52-50-48-46-43-41-39-37-35-33-31-29-27-25-23-21-19-17-15-13-11-9-7-2/h8-11,14-17,20-23,26-29,32-35,38-41,44-45,49,51,55,57,61,63,67,69,73,75,88H,6-7,12-13,18-19,24-25,30-31,36-37,42-43,46-48,50,52-54,56,58-60,62,64-66,68,70-72,74,76-87H2,1-5H3/p+1/b10-8-,11-9-,16-14-,17-15-,22-20-,23-21-,28-26-,29-27-,34-32-,35-33-,40-38-,41-39-,45-44-,51-49-,57-55-,63-61-,69-67-,75-73-. The van der Waals surface area contributed by atoms with Crippen LogP contribution in [0.25, 0.3) is 0 Å². The second-order valence-corrected chi connectivity index (χ2v) is 28.1. The fourth-order valence-corrected chi connectivity index (χ4v) is 10.8. The van der Waals surface area contributed by atoms with Crippen molar-refractivity contribution in [2.45, 2.75) is 290 Å². The summed E-state index contributed by atoms with van der Waals surface area (Å²) >= 11 is 0. The number of phosphoric acid groups is 1. The van der Waals surface area contributed by atoms with Gasteiger partial charge in [-0.05, 0) is 154 Å². The van der Waals surface area contributed by atoms with Gasteiger partial charge in [0.1, 0.15) is 19.8 Å². The zero-order valence-corrected chi connectivity index (χ0v) is 65.0. The molecule has 1 N–H and O–H groups in total. The van der Waals surface area contributed by atoms with E-state index in [1.807, 2.05) is 21.1 Å². The molecule has 0 spiro atoms. The van der Waals surface area contributed by atoms with Crippen molar-refractivity contribution in [3.05, 3.63) is 219 Å². The number of hydrogen-bond acceptors (Lipinski definition) is 7. The van der Waals surface area contributed by atoms with Crippen LogP contribution in [0.1, 0.15) is 284 Å². The van der Waals surface area contributed by atoms with E-state index in [1.165, 1.54) is 103 Å². The van der Waals surface area contributed by atoms with E-state index in [1.54, 1.807) is 0 Å². The molecule has 0 radical (unpaired) electrons. The van der Waals surface area contributed by atoms with Crippen LogP contribution in [0.3, 0.4) is 0 Å². The number of nitrogens with zero attached hydrogens (tertiary/aromatic N) is 1. The summed E-state index contributed by atoms with van der Waals surface area (Å²) in [6.07, 6.45) is 124. The third kappa shape index (κ3) is 81.3. The molecule has 0 rings (SSSR count). The van der Waals surface area contributed by atoms with Crippen molar-refractivity contribution in [3.8, 4) is 0 Å². The van der Waals surface area contributed by atoms with Crippen molar-refractivity contribution in [3.63, 3.8) is 0 Å². The van der Waals surface area contributed by atoms with Crippen molar-refractivity contribution in [1.29, 1.82) is 0 Å². The molecule has 0 saturated carbocycles. The van der Waals surface area contributed by atoms with Crippen LogP contribution in [0.2, 0.25) is 0 Å². The zero-order valence-electron chi connectivity index (χ0n) is 64.1. The van der Waals surface area contributed by atoms with Crippen LogP contribution >= 0.6 is 7.82 Å². The van der Waals surface area contributed by atoms with Gasteiger partial charge in [-0.15, -0.1) is 0 Å². The zero-order chi connectivity index (χ0) is 72.5. The number of ether oxygens (including phenoxy) is 2. The third-order valence-electron chi connectivity index (χ3n) is 16.0. The molecule has 0 aromatic rings. The van der Waals surface area contributed by atoms with E-state index in [9.17, 15) is 19.0 Å². The molecule has 0 fully saturated rings. The van der Waals surface area contributed by atoms with E-state index in [0.29, 0.717) is 17.4 Å². The van der Waals surface area contributed by atoms with E-state index in [4.69, 9.17) is 18.5 Å². The summed E-state index contributed by atoms with van der Waals surface area (Å²) in [5, 5.41) is 0. The highest BCUT2D eigenvalue weighted by molar-refractivity contribution is 7.47. The van der Waals surface area contributed by atoms with Gasteiger partial charge in [-0.1, -0.05) is 335 Å². The normalized spacial score (nSPS) is 14.3. The molecule has 0 aliphatic rings. The highest BCUT2D eigenvalue weighted by atomic mass is 31.2. The van der Waals surface area contributed by atoms with Crippen molar-refractivity contribution in [2.24, 2.45) is 0 Å². The van der Waals surface area contributed by atoms with Crippen LogP contribution < -0.4 is 0 Å². The number of carbonyl (C=O) groups is 2. The lowest BCUT2D eigenvalue weighted by Crippen LogP contribution is -2.37. The summed E-state index contributed by atoms with van der Waals surface area (Å²) in [6.45, 7) is 4.14. The predicted octanol–water partition coefficient (Wildman–Crippen LogP) is 26.7. The van der Waals surface area contributed by atoms with E-state index >= 15 is 0 Å². The molecule has 0 aliphatic carbocycles. The lowest BCUT2D eigenvalue weighted by atomic mass is 10.0. The number of rotatable bonds is 70. The molecule has 0 saturated heterocycles. The lowest BCUT2D eigenvalue weighted by molar-refractivity contribution is -0.870. The van der Waals surface area contributed by atoms with Crippen molar-refractivity contribution in [2.75, 3.05) is 47.5 Å². The minimum absolute atomic E-state index is 0.0128. The fraction of sp³-hybridized carbons (Fsp3) is 0.578. The van der Waals surface area contributed by atoms with Gasteiger partial charge in [-0.25, -0.2) is 4.57 Å². The quantitative estimate of drug-likeness (QED) is 0.0211. The highest BCUT2D eigenvalue weighted by Crippen LogP contribution is 2.43. The number of esters is 2. The number of likely N-dealkylation sites (N-methyl/N-ethyl adjacent to an activating group) is 1. The fourth-order valence-electron chi connectivity index (χ4n) is 10.1. The van der Waals surface area contributed by atoms with Gasteiger partial charge in [0, 0.05) is 12.8 Å². The van der Waals surface area contributed by atoms with Crippen LogP contribution in [0.4, 0.5) is 0 Å². The Bertz CT molecular complexity index is 2500. The summed E-state index contributed by atoms with van der Waals surface area (Å²) in [5.41, 5.74) is 0. The van der Waals surface area contributed by atoms with Gasteiger partial charge < -0.3 is 18.9 Å². The second-order valence-electron chi connectivity index (χ2n) is 26.6. The summed E-state index contributed by atoms with van der Waals surface area (Å²) < 4.78 is 34.7. The number of quaternary nitrogens is 1. The van der Waals surface area contributed by atoms with Crippen LogP contribution in [0, 0.1) is 0 Å². The number of phosphoric ester groups is 1. The van der Waals surface area contributed by atoms with Gasteiger partial charge in [0.2, 0.25) is 0 Å². The Kier molecular flexibility index (Phi) is 73.1. The SMILES string of the molecule is CC/C=C\C/C=C\C/C=C\C/C=C\C/C=C\C/C=C\C/C=C\C/C=C\C/C=C\C/C=C\C/C=C\C/C=C\CCCCC(=O)OC(COC(=O)CCCCCCCCCCCCCCCCCCCC/C=C\C/C=C\C/C=C\C/C=C\C/C=C\C/C=C\CC)COP(=O)(O)OCC[N+](C)(C)C. The molecule has 100 heavy (non-hydrogen) atoms. The Balaban J connectivity index is 4.13. The molecular weight excluding hydrogens is 1250 g/mol. The maximum atomic E-state index is 12.9. The lowest BCUT2D eigenvalue weighted by Gasteiger charge is -2.24. The molecule has 0 amide bonds. The van der Waals surface area contributed by atoms with Gasteiger partial charge in [-0.2, -0.15) is 0 Å². The van der Waals surface area contributed by atoms with Crippen LogP contribution in [-0.2, 0) is 32.7 Å². The molecule has 0 bridgehead atoms. The van der Waals surface area contributed by atoms with Crippen LogP contribution in [0.15, 0.2) is 219 Å². The minimum Gasteiger partial charge on any atom is -0.462 e. The molecule has 0 aromatic carbocycles. The average molecular weight is 1400 g/mol.